The van der Waals surface area contributed by atoms with Crippen molar-refractivity contribution < 1.29 is 5.11 Å². The maximum atomic E-state index is 9.77. The Morgan fingerprint density at radius 2 is 1.84 bits per heavy atom. The van der Waals surface area contributed by atoms with E-state index < -0.39 is 0 Å². The van der Waals surface area contributed by atoms with E-state index in [9.17, 15) is 5.11 Å². The fourth-order valence-electron chi connectivity index (χ4n) is 4.40. The van der Waals surface area contributed by atoms with Gasteiger partial charge in [-0.25, -0.2) is 4.98 Å². The molecule has 154 valence electrons. The average Bonchev–Trinajstić information content (AvgIpc) is 3.43. The topological polar surface area (TPSA) is 107 Å². The molecule has 1 fully saturated rings. The van der Waals surface area contributed by atoms with E-state index in [2.05, 4.69) is 47.2 Å². The van der Waals surface area contributed by atoms with Crippen molar-refractivity contribution >= 4 is 27.6 Å². The molecule has 5 aromatic rings. The van der Waals surface area contributed by atoms with Gasteiger partial charge in [-0.15, -0.1) is 0 Å². The van der Waals surface area contributed by atoms with Gasteiger partial charge in [-0.05, 0) is 43.5 Å². The van der Waals surface area contributed by atoms with Crippen molar-refractivity contribution in [1.29, 1.82) is 0 Å². The molecule has 8 nitrogen and oxygen atoms in total. The molecule has 6 rings (SSSR count). The molecule has 5 aromatic heterocycles. The number of aromatic amines is 2. The fourth-order valence-corrected chi connectivity index (χ4v) is 4.40. The molecule has 0 saturated carbocycles. The molecule has 1 aliphatic heterocycles. The van der Waals surface area contributed by atoms with Crippen molar-refractivity contribution in [2.45, 2.75) is 19.3 Å². The normalized spacial score (nSPS) is 14.5. The van der Waals surface area contributed by atoms with Crippen molar-refractivity contribution in [2.75, 3.05) is 18.0 Å². The molecule has 1 saturated heterocycles. The number of rotatable bonds is 3. The van der Waals surface area contributed by atoms with Gasteiger partial charge >= 0.3 is 0 Å². The number of nitrogens with one attached hydrogen (secondary N) is 2. The lowest BCUT2D eigenvalue weighted by molar-refractivity contribution is 0.473. The van der Waals surface area contributed by atoms with E-state index in [1.807, 2.05) is 12.3 Å². The summed E-state index contributed by atoms with van der Waals surface area (Å²) in [5.41, 5.74) is 6.12. The second kappa shape index (κ2) is 7.09. The van der Waals surface area contributed by atoms with E-state index in [1.165, 1.54) is 31.1 Å². The summed E-state index contributed by atoms with van der Waals surface area (Å²) in [5.74, 6) is 0.110. The summed E-state index contributed by atoms with van der Waals surface area (Å²) in [6.07, 6.45) is 10.5. The number of aromatic hydroxyl groups is 1. The first kappa shape index (κ1) is 17.9. The van der Waals surface area contributed by atoms with Crippen molar-refractivity contribution in [1.82, 2.24) is 30.1 Å². The van der Waals surface area contributed by atoms with Gasteiger partial charge in [-0.2, -0.15) is 5.10 Å². The molecular weight excluding hydrogens is 390 g/mol. The molecule has 0 radical (unpaired) electrons. The molecule has 0 atom stereocenters. The van der Waals surface area contributed by atoms with Crippen LogP contribution in [0.2, 0.25) is 0 Å². The van der Waals surface area contributed by atoms with Crippen LogP contribution in [0.5, 0.6) is 5.75 Å². The zero-order valence-corrected chi connectivity index (χ0v) is 16.8. The number of fused-ring (bicyclic) bond motifs is 2. The lowest BCUT2D eigenvalue weighted by Gasteiger charge is -2.29. The number of aromatic nitrogens is 6. The highest BCUT2D eigenvalue weighted by Crippen LogP contribution is 2.34. The van der Waals surface area contributed by atoms with Crippen LogP contribution in [0.15, 0.2) is 49.1 Å². The van der Waals surface area contributed by atoms with Gasteiger partial charge < -0.3 is 15.0 Å². The predicted octanol–water partition coefficient (Wildman–Crippen LogP) is 4.26. The van der Waals surface area contributed by atoms with Crippen LogP contribution >= 0.6 is 0 Å². The molecule has 0 bridgehead atoms. The van der Waals surface area contributed by atoms with Crippen LogP contribution in [-0.4, -0.2) is 48.3 Å². The number of anilines is 1. The molecule has 0 spiro atoms. The number of H-pyrrole nitrogens is 2. The zero-order chi connectivity index (χ0) is 20.8. The van der Waals surface area contributed by atoms with Crippen LogP contribution in [0.25, 0.3) is 44.6 Å². The summed E-state index contributed by atoms with van der Waals surface area (Å²) in [6.45, 7) is 2.16. The first-order valence-corrected chi connectivity index (χ1v) is 10.5. The van der Waals surface area contributed by atoms with Gasteiger partial charge in [0.2, 0.25) is 0 Å². The van der Waals surface area contributed by atoms with Gasteiger partial charge in [0.05, 0.1) is 29.3 Å². The second-order valence-corrected chi connectivity index (χ2v) is 7.94. The van der Waals surface area contributed by atoms with Gasteiger partial charge in [-0.1, -0.05) is 0 Å². The van der Waals surface area contributed by atoms with Crippen molar-refractivity contribution in [3.05, 3.63) is 49.1 Å². The Labute approximate surface area is 178 Å². The van der Waals surface area contributed by atoms with Crippen molar-refractivity contribution in [3.8, 4) is 28.4 Å². The first-order chi connectivity index (χ1) is 15.3. The maximum absolute atomic E-state index is 9.77. The van der Waals surface area contributed by atoms with Crippen LogP contribution in [0, 0.1) is 0 Å². The summed E-state index contributed by atoms with van der Waals surface area (Å²) < 4.78 is 0. The molecular formula is C23H21N7O. The summed E-state index contributed by atoms with van der Waals surface area (Å²) >= 11 is 0. The van der Waals surface area contributed by atoms with E-state index in [0.29, 0.717) is 0 Å². The Balaban J connectivity index is 1.46. The SMILES string of the molecule is Oc1cncc(-c2cc3c(-c4cc5c(N6CCCCC6)ccnc5[nH]4)n[nH]c3cn2)c1. The molecule has 8 heteroatoms. The van der Waals surface area contributed by atoms with Gasteiger partial charge in [0.25, 0.3) is 0 Å². The summed E-state index contributed by atoms with van der Waals surface area (Å²) in [5, 5.41) is 19.4. The third-order valence-corrected chi connectivity index (χ3v) is 5.93. The van der Waals surface area contributed by atoms with Crippen LogP contribution in [-0.2, 0) is 0 Å². The predicted molar refractivity (Wildman–Crippen MR) is 120 cm³/mol. The van der Waals surface area contributed by atoms with E-state index in [1.54, 1.807) is 18.5 Å². The highest BCUT2D eigenvalue weighted by atomic mass is 16.3. The number of nitrogens with zero attached hydrogens (tertiary/aromatic N) is 5. The minimum atomic E-state index is 0.110. The van der Waals surface area contributed by atoms with Crippen LogP contribution in [0.4, 0.5) is 5.69 Å². The lowest BCUT2D eigenvalue weighted by atomic mass is 10.1. The third-order valence-electron chi connectivity index (χ3n) is 5.93. The Bertz CT molecular complexity index is 1400. The molecule has 0 unspecified atom stereocenters. The Morgan fingerprint density at radius 1 is 0.935 bits per heavy atom. The number of pyridine rings is 3. The third kappa shape index (κ3) is 3.07. The molecule has 0 aliphatic carbocycles. The van der Waals surface area contributed by atoms with Gasteiger partial charge in [0, 0.05) is 47.5 Å². The number of hydrogen-bond donors (Lipinski definition) is 3. The van der Waals surface area contributed by atoms with E-state index in [-0.39, 0.29) is 5.75 Å². The Kier molecular flexibility index (Phi) is 4.09. The van der Waals surface area contributed by atoms with E-state index in [0.717, 1.165) is 57.7 Å². The fraction of sp³-hybridized carbons (Fsp3) is 0.217. The molecule has 1 aliphatic rings. The Hall–Kier alpha value is -3.94. The first-order valence-electron chi connectivity index (χ1n) is 10.5. The highest BCUT2D eigenvalue weighted by molar-refractivity contribution is 5.99. The van der Waals surface area contributed by atoms with Crippen LogP contribution < -0.4 is 4.90 Å². The lowest BCUT2D eigenvalue weighted by Crippen LogP contribution is -2.29. The highest BCUT2D eigenvalue weighted by Gasteiger charge is 2.18. The van der Waals surface area contributed by atoms with Gasteiger partial charge in [-0.3, -0.25) is 15.1 Å². The summed E-state index contributed by atoms with van der Waals surface area (Å²) in [7, 11) is 0. The minimum absolute atomic E-state index is 0.110. The smallest absolute Gasteiger partial charge is 0.139 e. The quantitative estimate of drug-likeness (QED) is 0.410. The van der Waals surface area contributed by atoms with E-state index in [4.69, 9.17) is 0 Å². The van der Waals surface area contributed by atoms with Crippen molar-refractivity contribution in [3.63, 3.8) is 0 Å². The number of hydrogen-bond acceptors (Lipinski definition) is 6. The van der Waals surface area contributed by atoms with Gasteiger partial charge in [0.15, 0.2) is 0 Å². The Morgan fingerprint density at radius 3 is 2.71 bits per heavy atom. The molecule has 0 aromatic carbocycles. The van der Waals surface area contributed by atoms with Crippen molar-refractivity contribution in [2.24, 2.45) is 0 Å². The molecule has 0 amide bonds. The molecule has 3 N–H and O–H groups in total. The average molecular weight is 411 g/mol. The van der Waals surface area contributed by atoms with Gasteiger partial charge in [0.1, 0.15) is 17.1 Å². The number of piperidine rings is 1. The largest absolute Gasteiger partial charge is 0.506 e. The summed E-state index contributed by atoms with van der Waals surface area (Å²) in [6, 6.07) is 7.86. The molecule has 31 heavy (non-hydrogen) atoms. The minimum Gasteiger partial charge on any atom is -0.506 e. The molecule has 6 heterocycles. The van der Waals surface area contributed by atoms with Crippen LogP contribution in [0.1, 0.15) is 19.3 Å². The summed E-state index contributed by atoms with van der Waals surface area (Å²) in [4.78, 5) is 19.0. The van der Waals surface area contributed by atoms with E-state index >= 15 is 0 Å². The zero-order valence-electron chi connectivity index (χ0n) is 16.8. The van der Waals surface area contributed by atoms with Crippen LogP contribution in [0.3, 0.4) is 0 Å². The second-order valence-electron chi connectivity index (χ2n) is 7.94. The monoisotopic (exact) mass is 411 g/mol. The standard InChI is InChI=1S/C23H21N7O/c31-15-8-14(11-24-12-15)18-9-16-20(13-26-18)28-29-22(16)19-10-17-21(4-5-25-23(17)27-19)30-6-2-1-3-7-30/h4-5,8-13,31H,1-3,6-7H2,(H,25,27)(H,28,29). The maximum Gasteiger partial charge on any atom is 0.139 e.